The van der Waals surface area contributed by atoms with E-state index in [1.54, 1.807) is 0 Å². The maximum Gasteiger partial charge on any atom is 0.221 e. The number of para-hydroxylation sites is 1. The zero-order valence-corrected chi connectivity index (χ0v) is 14.8. The Morgan fingerprint density at radius 2 is 1.65 bits per heavy atom. The fourth-order valence-electron chi connectivity index (χ4n) is 2.61. The van der Waals surface area contributed by atoms with Crippen LogP contribution in [0.5, 0.6) is 0 Å². The Hall–Kier alpha value is -3.41. The summed E-state index contributed by atoms with van der Waals surface area (Å²) < 4.78 is 0. The van der Waals surface area contributed by atoms with Crippen LogP contribution in [0.15, 0.2) is 60.9 Å². The first-order chi connectivity index (χ1) is 12.6. The number of anilines is 5. The Kier molecular flexibility index (Phi) is 5.43. The van der Waals surface area contributed by atoms with Gasteiger partial charge < -0.3 is 16.0 Å². The first kappa shape index (κ1) is 17.4. The van der Waals surface area contributed by atoms with E-state index in [1.807, 2.05) is 48.5 Å². The van der Waals surface area contributed by atoms with E-state index in [-0.39, 0.29) is 5.91 Å². The Labute approximate surface area is 152 Å². The van der Waals surface area contributed by atoms with Gasteiger partial charge in [0.25, 0.3) is 0 Å². The number of rotatable bonds is 6. The highest BCUT2D eigenvalue weighted by Gasteiger charge is 2.04. The van der Waals surface area contributed by atoms with Crippen LogP contribution in [0, 0.1) is 0 Å². The predicted molar refractivity (Wildman–Crippen MR) is 105 cm³/mol. The topological polar surface area (TPSA) is 78.9 Å². The smallest absolute Gasteiger partial charge is 0.221 e. The van der Waals surface area contributed by atoms with E-state index < -0.39 is 0 Å². The van der Waals surface area contributed by atoms with Gasteiger partial charge in [-0.15, -0.1) is 0 Å². The van der Waals surface area contributed by atoms with E-state index in [9.17, 15) is 4.79 Å². The second kappa shape index (κ2) is 8.11. The van der Waals surface area contributed by atoms with Crippen molar-refractivity contribution in [2.24, 2.45) is 0 Å². The predicted octanol–water partition coefficient (Wildman–Crippen LogP) is 4.48. The first-order valence-corrected chi connectivity index (χ1v) is 8.45. The molecule has 0 unspecified atom stereocenters. The average Bonchev–Trinajstić information content (AvgIpc) is 2.62. The maximum absolute atomic E-state index is 11.2. The van der Waals surface area contributed by atoms with Crippen molar-refractivity contribution < 1.29 is 4.79 Å². The van der Waals surface area contributed by atoms with Crippen LogP contribution in [0.25, 0.3) is 0 Å². The molecule has 0 spiro atoms. The van der Waals surface area contributed by atoms with Crippen molar-refractivity contribution >= 4 is 34.6 Å². The lowest BCUT2D eigenvalue weighted by Crippen LogP contribution is -2.06. The summed E-state index contributed by atoms with van der Waals surface area (Å²) in [6.45, 7) is 3.60. The van der Waals surface area contributed by atoms with Gasteiger partial charge in [-0.05, 0) is 36.2 Å². The van der Waals surface area contributed by atoms with Gasteiger partial charge in [-0.3, -0.25) is 4.79 Å². The lowest BCUT2D eigenvalue weighted by atomic mass is 10.1. The zero-order valence-electron chi connectivity index (χ0n) is 14.8. The molecule has 1 aromatic heterocycles. The number of amides is 1. The minimum atomic E-state index is -0.106. The van der Waals surface area contributed by atoms with Crippen molar-refractivity contribution in [1.82, 2.24) is 9.97 Å². The molecular weight excluding hydrogens is 326 g/mol. The standard InChI is InChI=1S/C20H21N5O/c1-3-15-7-4-5-10-18(15)25-20-12-19(21-13-22-20)24-17-9-6-8-16(11-17)23-14(2)26/h4-13H,3H2,1-2H3,(H,23,26)(H2,21,22,24,25). The van der Waals surface area contributed by atoms with Gasteiger partial charge in [0.1, 0.15) is 18.0 Å². The first-order valence-electron chi connectivity index (χ1n) is 8.45. The lowest BCUT2D eigenvalue weighted by Gasteiger charge is -2.12. The van der Waals surface area contributed by atoms with Crippen LogP contribution >= 0.6 is 0 Å². The van der Waals surface area contributed by atoms with E-state index >= 15 is 0 Å². The third-order valence-corrected chi connectivity index (χ3v) is 3.78. The van der Waals surface area contributed by atoms with Crippen LogP contribution in [-0.2, 0) is 11.2 Å². The SMILES string of the molecule is CCc1ccccc1Nc1cc(Nc2cccc(NC(C)=O)c2)ncn1. The Balaban J connectivity index is 1.76. The fourth-order valence-corrected chi connectivity index (χ4v) is 2.61. The largest absolute Gasteiger partial charge is 0.340 e. The number of nitrogens with one attached hydrogen (secondary N) is 3. The second-order valence-electron chi connectivity index (χ2n) is 5.81. The molecule has 6 heteroatoms. The molecule has 1 amide bonds. The molecule has 2 aromatic carbocycles. The molecule has 0 aliphatic heterocycles. The fraction of sp³-hybridized carbons (Fsp3) is 0.150. The Bertz CT molecular complexity index is 910. The minimum absolute atomic E-state index is 0.106. The van der Waals surface area contributed by atoms with Crippen molar-refractivity contribution in [1.29, 1.82) is 0 Å². The molecule has 26 heavy (non-hydrogen) atoms. The molecule has 0 atom stereocenters. The van der Waals surface area contributed by atoms with Crippen LogP contribution in [-0.4, -0.2) is 15.9 Å². The number of aryl methyl sites for hydroxylation is 1. The molecule has 3 aromatic rings. The highest BCUT2D eigenvalue weighted by Crippen LogP contribution is 2.23. The number of carbonyl (C=O) groups excluding carboxylic acids is 1. The van der Waals surface area contributed by atoms with Crippen molar-refractivity contribution in [3.8, 4) is 0 Å². The third-order valence-electron chi connectivity index (χ3n) is 3.78. The van der Waals surface area contributed by atoms with Crippen molar-refractivity contribution in [3.63, 3.8) is 0 Å². The molecule has 0 radical (unpaired) electrons. The van der Waals surface area contributed by atoms with Gasteiger partial charge >= 0.3 is 0 Å². The molecule has 0 aliphatic carbocycles. The third kappa shape index (κ3) is 4.57. The number of benzene rings is 2. The van der Waals surface area contributed by atoms with E-state index in [0.29, 0.717) is 11.6 Å². The molecule has 0 bridgehead atoms. The van der Waals surface area contributed by atoms with Crippen LogP contribution < -0.4 is 16.0 Å². The van der Waals surface area contributed by atoms with Gasteiger partial charge in [0.15, 0.2) is 0 Å². The number of hydrogen-bond donors (Lipinski definition) is 3. The number of hydrogen-bond acceptors (Lipinski definition) is 5. The molecule has 0 fully saturated rings. The van der Waals surface area contributed by atoms with Crippen molar-refractivity contribution in [2.75, 3.05) is 16.0 Å². The Morgan fingerprint density at radius 1 is 0.923 bits per heavy atom. The van der Waals surface area contributed by atoms with E-state index in [0.717, 1.165) is 23.5 Å². The summed E-state index contributed by atoms with van der Waals surface area (Å²) >= 11 is 0. The summed E-state index contributed by atoms with van der Waals surface area (Å²) in [6, 6.07) is 17.5. The summed E-state index contributed by atoms with van der Waals surface area (Å²) in [7, 11) is 0. The summed E-state index contributed by atoms with van der Waals surface area (Å²) in [5, 5.41) is 9.33. The molecule has 0 aliphatic rings. The molecule has 3 rings (SSSR count). The summed E-state index contributed by atoms with van der Waals surface area (Å²) in [6.07, 6.45) is 2.45. The van der Waals surface area contributed by atoms with Gasteiger partial charge in [-0.2, -0.15) is 0 Å². The van der Waals surface area contributed by atoms with Gasteiger partial charge in [0.05, 0.1) is 0 Å². The summed E-state index contributed by atoms with van der Waals surface area (Å²) in [5.41, 5.74) is 3.82. The highest BCUT2D eigenvalue weighted by atomic mass is 16.1. The van der Waals surface area contributed by atoms with Gasteiger partial charge in [-0.25, -0.2) is 9.97 Å². The summed E-state index contributed by atoms with van der Waals surface area (Å²) in [4.78, 5) is 19.7. The van der Waals surface area contributed by atoms with Crippen molar-refractivity contribution in [2.45, 2.75) is 20.3 Å². The number of nitrogens with zero attached hydrogens (tertiary/aromatic N) is 2. The van der Waals surface area contributed by atoms with Crippen LogP contribution in [0.2, 0.25) is 0 Å². The van der Waals surface area contributed by atoms with Gasteiger partial charge in [-0.1, -0.05) is 31.2 Å². The molecule has 0 saturated carbocycles. The number of aromatic nitrogens is 2. The van der Waals surface area contributed by atoms with Crippen LogP contribution in [0.1, 0.15) is 19.4 Å². The normalized spacial score (nSPS) is 10.2. The minimum Gasteiger partial charge on any atom is -0.340 e. The van der Waals surface area contributed by atoms with E-state index in [4.69, 9.17) is 0 Å². The Morgan fingerprint density at radius 3 is 2.42 bits per heavy atom. The van der Waals surface area contributed by atoms with Gasteiger partial charge in [0.2, 0.25) is 5.91 Å². The quantitative estimate of drug-likeness (QED) is 0.612. The second-order valence-corrected chi connectivity index (χ2v) is 5.81. The average molecular weight is 347 g/mol. The monoisotopic (exact) mass is 347 g/mol. The summed E-state index contributed by atoms with van der Waals surface area (Å²) in [5.74, 6) is 1.27. The highest BCUT2D eigenvalue weighted by molar-refractivity contribution is 5.89. The van der Waals surface area contributed by atoms with Crippen molar-refractivity contribution in [3.05, 3.63) is 66.5 Å². The molecule has 132 valence electrons. The van der Waals surface area contributed by atoms with Crippen LogP contribution in [0.4, 0.5) is 28.7 Å². The molecular formula is C20H21N5O. The van der Waals surface area contributed by atoms with E-state index in [2.05, 4.69) is 38.9 Å². The number of carbonyl (C=O) groups is 1. The zero-order chi connectivity index (χ0) is 18.4. The molecule has 6 nitrogen and oxygen atoms in total. The van der Waals surface area contributed by atoms with E-state index in [1.165, 1.54) is 18.8 Å². The molecule has 3 N–H and O–H groups in total. The van der Waals surface area contributed by atoms with Crippen LogP contribution in [0.3, 0.4) is 0 Å². The lowest BCUT2D eigenvalue weighted by molar-refractivity contribution is -0.114. The van der Waals surface area contributed by atoms with Gasteiger partial charge in [0, 0.05) is 30.1 Å². The molecule has 0 saturated heterocycles. The maximum atomic E-state index is 11.2. The molecule has 1 heterocycles.